The molecule has 0 saturated heterocycles. The van der Waals surface area contributed by atoms with E-state index in [2.05, 4.69) is 19.9 Å². The minimum atomic E-state index is 0.392. The fourth-order valence-electron chi connectivity index (χ4n) is 2.25. The van der Waals surface area contributed by atoms with Gasteiger partial charge < -0.3 is 14.7 Å². The third-order valence-corrected chi connectivity index (χ3v) is 3.18. The van der Waals surface area contributed by atoms with Gasteiger partial charge in [0, 0.05) is 12.4 Å². The zero-order valence-corrected chi connectivity index (χ0v) is 10.5. The average Bonchev–Trinajstić information content (AvgIpc) is 3.04. The first kappa shape index (κ1) is 10.9. The molecule has 4 aromatic heterocycles. The molecule has 0 bridgehead atoms. The van der Waals surface area contributed by atoms with Crippen LogP contribution in [0.1, 0.15) is 5.69 Å². The molecule has 0 aliphatic rings. The molecule has 2 N–H and O–H groups in total. The molecule has 0 radical (unpaired) electrons. The zero-order valence-electron chi connectivity index (χ0n) is 10.5. The van der Waals surface area contributed by atoms with Crippen molar-refractivity contribution in [1.29, 1.82) is 0 Å². The normalized spacial score (nSPS) is 11.4. The third kappa shape index (κ3) is 1.60. The molecule has 0 spiro atoms. The SMILES string of the molecule is Nc1ncnc2c1ncn2Cc1cn2ccccc2n1. The van der Waals surface area contributed by atoms with Crippen molar-refractivity contribution in [2.45, 2.75) is 6.54 Å². The zero-order chi connectivity index (χ0) is 13.5. The van der Waals surface area contributed by atoms with Crippen LogP contribution in [0.5, 0.6) is 0 Å². The number of imidazole rings is 2. The molecule has 0 atom stereocenters. The first-order valence-electron chi connectivity index (χ1n) is 6.15. The van der Waals surface area contributed by atoms with Gasteiger partial charge in [-0.15, -0.1) is 0 Å². The second kappa shape index (κ2) is 4.02. The fraction of sp³-hybridized carbons (Fsp3) is 0.0769. The molecular weight excluding hydrogens is 254 g/mol. The molecule has 20 heavy (non-hydrogen) atoms. The lowest BCUT2D eigenvalue weighted by Gasteiger charge is -2.00. The number of nitrogens with zero attached hydrogens (tertiary/aromatic N) is 6. The van der Waals surface area contributed by atoms with Crippen molar-refractivity contribution >= 4 is 22.6 Å². The summed E-state index contributed by atoms with van der Waals surface area (Å²) in [6.07, 6.45) is 7.11. The Balaban J connectivity index is 1.78. The highest BCUT2D eigenvalue weighted by molar-refractivity contribution is 5.81. The van der Waals surface area contributed by atoms with Crippen molar-refractivity contribution in [3.05, 3.63) is 48.9 Å². The van der Waals surface area contributed by atoms with E-state index in [1.165, 1.54) is 6.33 Å². The molecule has 4 rings (SSSR count). The Morgan fingerprint density at radius 2 is 2.10 bits per heavy atom. The predicted octanol–water partition coefficient (Wildman–Crippen LogP) is 1.10. The van der Waals surface area contributed by atoms with Crippen molar-refractivity contribution in [3.63, 3.8) is 0 Å². The van der Waals surface area contributed by atoms with Crippen LogP contribution >= 0.6 is 0 Å². The van der Waals surface area contributed by atoms with Crippen LogP contribution in [-0.2, 0) is 6.54 Å². The minimum absolute atomic E-state index is 0.392. The molecule has 7 heteroatoms. The minimum Gasteiger partial charge on any atom is -0.382 e. The second-order valence-corrected chi connectivity index (χ2v) is 4.50. The van der Waals surface area contributed by atoms with Crippen molar-refractivity contribution < 1.29 is 0 Å². The lowest BCUT2D eigenvalue weighted by atomic mass is 10.4. The monoisotopic (exact) mass is 265 g/mol. The molecule has 0 unspecified atom stereocenters. The summed E-state index contributed by atoms with van der Waals surface area (Å²) < 4.78 is 3.90. The van der Waals surface area contributed by atoms with Crippen molar-refractivity contribution in [1.82, 2.24) is 28.9 Å². The van der Waals surface area contributed by atoms with E-state index < -0.39 is 0 Å². The van der Waals surface area contributed by atoms with Gasteiger partial charge >= 0.3 is 0 Å². The molecule has 0 saturated carbocycles. The molecule has 98 valence electrons. The van der Waals surface area contributed by atoms with Crippen molar-refractivity contribution in [2.24, 2.45) is 0 Å². The Morgan fingerprint density at radius 1 is 1.15 bits per heavy atom. The summed E-state index contributed by atoms with van der Waals surface area (Å²) in [5.41, 5.74) is 8.97. The highest BCUT2D eigenvalue weighted by atomic mass is 15.1. The van der Waals surface area contributed by atoms with Gasteiger partial charge in [-0.25, -0.2) is 19.9 Å². The number of nitrogen functional groups attached to an aromatic ring is 1. The Morgan fingerprint density at radius 3 is 3.00 bits per heavy atom. The molecule has 7 nitrogen and oxygen atoms in total. The largest absolute Gasteiger partial charge is 0.382 e. The Hall–Kier alpha value is -2.96. The number of anilines is 1. The maximum Gasteiger partial charge on any atom is 0.165 e. The standard InChI is InChI=1S/C13H11N7/c14-12-11-13(16-7-15-12)20(8-17-11)6-9-5-19-4-2-1-3-10(19)18-9/h1-5,7-8H,6H2,(H2,14,15,16). The van der Waals surface area contributed by atoms with Gasteiger partial charge in [-0.2, -0.15) is 0 Å². The molecule has 0 amide bonds. The van der Waals surface area contributed by atoms with Crippen LogP contribution in [0.2, 0.25) is 0 Å². The van der Waals surface area contributed by atoms with Crippen LogP contribution in [0, 0.1) is 0 Å². The topological polar surface area (TPSA) is 86.9 Å². The smallest absolute Gasteiger partial charge is 0.165 e. The number of nitrogens with two attached hydrogens (primary N) is 1. The van der Waals surface area contributed by atoms with Crippen molar-refractivity contribution in [2.75, 3.05) is 5.73 Å². The Bertz CT molecular complexity index is 872. The van der Waals surface area contributed by atoms with Gasteiger partial charge in [-0.1, -0.05) is 6.07 Å². The van der Waals surface area contributed by atoms with E-state index in [1.54, 1.807) is 6.33 Å². The molecule has 0 aliphatic carbocycles. The first-order chi connectivity index (χ1) is 9.81. The second-order valence-electron chi connectivity index (χ2n) is 4.50. The molecule has 0 aliphatic heterocycles. The Labute approximate surface area is 113 Å². The molecule has 0 fully saturated rings. The maximum absolute atomic E-state index is 5.78. The molecule has 4 aromatic rings. The molecule has 4 heterocycles. The van der Waals surface area contributed by atoms with E-state index in [1.807, 2.05) is 39.6 Å². The lowest BCUT2D eigenvalue weighted by Crippen LogP contribution is -2.00. The van der Waals surface area contributed by atoms with Crippen LogP contribution < -0.4 is 5.73 Å². The quantitative estimate of drug-likeness (QED) is 0.586. The summed E-state index contributed by atoms with van der Waals surface area (Å²) in [5, 5.41) is 0. The number of pyridine rings is 1. The highest BCUT2D eigenvalue weighted by Crippen LogP contribution is 2.15. The van der Waals surface area contributed by atoms with Crippen LogP contribution in [0.3, 0.4) is 0 Å². The van der Waals surface area contributed by atoms with Gasteiger partial charge in [-0.05, 0) is 12.1 Å². The summed E-state index contributed by atoms with van der Waals surface area (Å²) in [4.78, 5) is 17.0. The number of fused-ring (bicyclic) bond motifs is 2. The summed E-state index contributed by atoms with van der Waals surface area (Å²) in [6.45, 7) is 0.592. The third-order valence-electron chi connectivity index (χ3n) is 3.18. The molecule has 0 aromatic carbocycles. The average molecular weight is 265 g/mol. The van der Waals surface area contributed by atoms with Crippen LogP contribution in [-0.4, -0.2) is 28.9 Å². The van der Waals surface area contributed by atoms with Gasteiger partial charge in [0.25, 0.3) is 0 Å². The number of hydrogen-bond donors (Lipinski definition) is 1. The number of rotatable bonds is 2. The maximum atomic E-state index is 5.78. The van der Waals surface area contributed by atoms with Crippen LogP contribution in [0.25, 0.3) is 16.8 Å². The summed E-state index contributed by atoms with van der Waals surface area (Å²) >= 11 is 0. The van der Waals surface area contributed by atoms with Gasteiger partial charge in [0.1, 0.15) is 17.5 Å². The van der Waals surface area contributed by atoms with E-state index in [4.69, 9.17) is 5.73 Å². The van der Waals surface area contributed by atoms with Crippen molar-refractivity contribution in [3.8, 4) is 0 Å². The summed E-state index contributed by atoms with van der Waals surface area (Å²) in [7, 11) is 0. The molecular formula is C13H11N7. The summed E-state index contributed by atoms with van der Waals surface area (Å²) in [6, 6.07) is 5.90. The fourth-order valence-corrected chi connectivity index (χ4v) is 2.25. The van der Waals surface area contributed by atoms with Gasteiger partial charge in [0.05, 0.1) is 18.6 Å². The first-order valence-corrected chi connectivity index (χ1v) is 6.15. The van der Waals surface area contributed by atoms with E-state index >= 15 is 0 Å². The van der Waals surface area contributed by atoms with E-state index in [0.29, 0.717) is 17.9 Å². The van der Waals surface area contributed by atoms with Crippen LogP contribution in [0.4, 0.5) is 5.82 Å². The number of hydrogen-bond acceptors (Lipinski definition) is 5. The van der Waals surface area contributed by atoms with Gasteiger partial charge in [0.2, 0.25) is 0 Å². The number of aromatic nitrogens is 6. The van der Waals surface area contributed by atoms with Gasteiger partial charge in [-0.3, -0.25) is 0 Å². The van der Waals surface area contributed by atoms with E-state index in [9.17, 15) is 0 Å². The van der Waals surface area contributed by atoms with Gasteiger partial charge in [0.15, 0.2) is 11.5 Å². The predicted molar refractivity (Wildman–Crippen MR) is 74.0 cm³/mol. The van der Waals surface area contributed by atoms with Crippen LogP contribution in [0.15, 0.2) is 43.2 Å². The van der Waals surface area contributed by atoms with E-state index in [0.717, 1.165) is 17.0 Å². The lowest BCUT2D eigenvalue weighted by molar-refractivity contribution is 0.794. The Kier molecular flexibility index (Phi) is 2.19. The van der Waals surface area contributed by atoms with E-state index in [-0.39, 0.29) is 0 Å². The summed E-state index contributed by atoms with van der Waals surface area (Å²) in [5.74, 6) is 0.392. The highest BCUT2D eigenvalue weighted by Gasteiger charge is 2.09.